The molecule has 0 spiro atoms. The van der Waals surface area contributed by atoms with Crippen molar-refractivity contribution in [3.05, 3.63) is 109 Å². The van der Waals surface area contributed by atoms with Crippen LogP contribution < -0.4 is 10.2 Å². The highest BCUT2D eigenvalue weighted by atomic mass is 31.2. The van der Waals surface area contributed by atoms with Gasteiger partial charge in [-0.05, 0) is 83.5 Å². The van der Waals surface area contributed by atoms with Gasteiger partial charge >= 0.3 is 0 Å². The number of aliphatic hydroxyl groups is 1. The summed E-state index contributed by atoms with van der Waals surface area (Å²) in [5.41, 5.74) is 0. The largest absolute Gasteiger partial charge is 0.756 e. The maximum atomic E-state index is 13.0. The molecule has 3 atom stereocenters. The number of phosphoric ester groups is 1. The Hall–Kier alpha value is -2.84. The van der Waals surface area contributed by atoms with Gasteiger partial charge in [-0.25, -0.2) is 0 Å². The van der Waals surface area contributed by atoms with E-state index in [1.807, 2.05) is 21.1 Å². The highest BCUT2D eigenvalue weighted by Gasteiger charge is 2.24. The predicted octanol–water partition coefficient (Wildman–Crippen LogP) is 20.1. The maximum absolute atomic E-state index is 13.0. The second-order valence-corrected chi connectivity index (χ2v) is 24.5. The van der Waals surface area contributed by atoms with Gasteiger partial charge in [-0.15, -0.1) is 0 Å². The van der Waals surface area contributed by atoms with Crippen LogP contribution in [0.3, 0.4) is 0 Å². The van der Waals surface area contributed by atoms with Gasteiger partial charge in [0.15, 0.2) is 0 Å². The number of aliphatic hydroxyl groups excluding tert-OH is 1. The van der Waals surface area contributed by atoms with E-state index < -0.39 is 20.0 Å². The number of rotatable bonds is 59. The van der Waals surface area contributed by atoms with Crippen LogP contribution in [-0.2, 0) is 18.4 Å². The van der Waals surface area contributed by atoms with Crippen molar-refractivity contribution in [1.82, 2.24) is 5.32 Å². The van der Waals surface area contributed by atoms with Crippen molar-refractivity contribution in [2.45, 2.75) is 289 Å². The summed E-state index contributed by atoms with van der Waals surface area (Å²) >= 11 is 0. The average molecular weight is 1120 g/mol. The number of nitrogens with zero attached hydrogens (tertiary/aromatic N) is 1. The summed E-state index contributed by atoms with van der Waals surface area (Å²) in [7, 11) is 1.29. The SMILES string of the molecule is CC/C=C\C/C=C\C/C=C\C/C=C\C/C=C\C/C=C\C/C=C\C/C=C\C/C=C\CCCCCCCCCC(=O)NC(COP(=O)([O-])OCC[N+](C)(C)C)C(O)CCCCCCCCCCCCCCCCCCCCCCCC. The zero-order chi connectivity index (χ0) is 57.7. The Bertz CT molecular complexity index is 1650. The van der Waals surface area contributed by atoms with Gasteiger partial charge < -0.3 is 28.8 Å². The Morgan fingerprint density at radius 2 is 0.772 bits per heavy atom. The molecule has 0 aliphatic rings. The molecule has 0 saturated heterocycles. The minimum absolute atomic E-state index is 0.00495. The van der Waals surface area contributed by atoms with Crippen LogP contribution in [0.1, 0.15) is 277 Å². The summed E-state index contributed by atoms with van der Waals surface area (Å²) in [5.74, 6) is -0.177. The van der Waals surface area contributed by atoms with Gasteiger partial charge in [0.25, 0.3) is 7.82 Å². The first kappa shape index (κ1) is 76.2. The summed E-state index contributed by atoms with van der Waals surface area (Å²) < 4.78 is 23.5. The molecular weight excluding hydrogens is 996 g/mol. The Morgan fingerprint density at radius 3 is 1.13 bits per heavy atom. The molecule has 0 aliphatic carbocycles. The van der Waals surface area contributed by atoms with Crippen LogP contribution >= 0.6 is 7.82 Å². The summed E-state index contributed by atoms with van der Waals surface area (Å²) in [6.07, 6.45) is 87.1. The number of unbranched alkanes of at least 4 members (excludes halogenated alkanes) is 28. The number of likely N-dealkylation sites (N-methyl/N-ethyl adjacent to an activating group) is 1. The van der Waals surface area contributed by atoms with Gasteiger partial charge in [-0.1, -0.05) is 297 Å². The van der Waals surface area contributed by atoms with E-state index in [2.05, 4.69) is 129 Å². The Morgan fingerprint density at radius 1 is 0.456 bits per heavy atom. The zero-order valence-electron chi connectivity index (χ0n) is 52.0. The van der Waals surface area contributed by atoms with E-state index in [0.29, 0.717) is 23.9 Å². The van der Waals surface area contributed by atoms with Gasteiger partial charge in [0.05, 0.1) is 39.9 Å². The first-order valence-electron chi connectivity index (χ1n) is 32.7. The molecule has 9 heteroatoms. The lowest BCUT2D eigenvalue weighted by molar-refractivity contribution is -0.870. The maximum Gasteiger partial charge on any atom is 0.268 e. The van der Waals surface area contributed by atoms with Crippen LogP contribution in [0, 0.1) is 0 Å². The zero-order valence-corrected chi connectivity index (χ0v) is 52.9. The molecule has 3 unspecified atom stereocenters. The summed E-state index contributed by atoms with van der Waals surface area (Å²) in [5, 5.41) is 14.1. The smallest absolute Gasteiger partial charge is 0.268 e. The number of carbonyl (C=O) groups is 1. The molecule has 0 aromatic rings. The molecule has 0 bridgehead atoms. The molecule has 1 amide bonds. The van der Waals surface area contributed by atoms with Crippen LogP contribution in [-0.4, -0.2) is 68.5 Å². The van der Waals surface area contributed by atoms with E-state index in [1.54, 1.807) is 0 Å². The molecule has 0 heterocycles. The average Bonchev–Trinajstić information content (AvgIpc) is 3.42. The third-order valence-electron chi connectivity index (χ3n) is 14.3. The summed E-state index contributed by atoms with van der Waals surface area (Å²) in [6, 6.07) is -0.816. The van der Waals surface area contributed by atoms with Crippen LogP contribution in [0.5, 0.6) is 0 Å². The molecule has 79 heavy (non-hydrogen) atoms. The van der Waals surface area contributed by atoms with Gasteiger partial charge in [0.1, 0.15) is 13.2 Å². The number of hydrogen-bond acceptors (Lipinski definition) is 6. The molecule has 0 rings (SSSR count). The Balaban J connectivity index is 4.16. The third-order valence-corrected chi connectivity index (χ3v) is 15.2. The quantitative estimate of drug-likeness (QED) is 0.0272. The number of quaternary nitrogens is 1. The van der Waals surface area contributed by atoms with Crippen molar-refractivity contribution in [2.24, 2.45) is 0 Å². The van der Waals surface area contributed by atoms with Gasteiger partial charge in [-0.3, -0.25) is 9.36 Å². The lowest BCUT2D eigenvalue weighted by Crippen LogP contribution is -2.46. The molecule has 0 aromatic heterocycles. The van der Waals surface area contributed by atoms with E-state index in [0.717, 1.165) is 109 Å². The van der Waals surface area contributed by atoms with E-state index in [-0.39, 0.29) is 19.1 Å². The van der Waals surface area contributed by atoms with Gasteiger partial charge in [0, 0.05) is 6.42 Å². The normalized spacial score (nSPS) is 14.5. The van der Waals surface area contributed by atoms with Crippen molar-refractivity contribution in [3.63, 3.8) is 0 Å². The van der Waals surface area contributed by atoms with Crippen LogP contribution in [0.4, 0.5) is 0 Å². The van der Waals surface area contributed by atoms with Crippen LogP contribution in [0.25, 0.3) is 0 Å². The highest BCUT2D eigenvalue weighted by Crippen LogP contribution is 2.38. The first-order chi connectivity index (χ1) is 38.5. The lowest BCUT2D eigenvalue weighted by Gasteiger charge is -2.30. The van der Waals surface area contributed by atoms with Crippen molar-refractivity contribution in [2.75, 3.05) is 40.9 Å². The molecule has 0 saturated carbocycles. The van der Waals surface area contributed by atoms with Gasteiger partial charge in [0.2, 0.25) is 5.91 Å². The molecule has 0 fully saturated rings. The fourth-order valence-electron chi connectivity index (χ4n) is 9.21. The second-order valence-electron chi connectivity index (χ2n) is 23.1. The number of carbonyl (C=O) groups excluding carboxylic acids is 1. The fourth-order valence-corrected chi connectivity index (χ4v) is 9.93. The molecule has 8 nitrogen and oxygen atoms in total. The van der Waals surface area contributed by atoms with Gasteiger partial charge in [-0.2, -0.15) is 0 Å². The van der Waals surface area contributed by atoms with E-state index in [9.17, 15) is 19.4 Å². The molecule has 0 aromatic carbocycles. The monoisotopic (exact) mass is 1120 g/mol. The minimum atomic E-state index is -4.59. The van der Waals surface area contributed by atoms with Crippen LogP contribution in [0.15, 0.2) is 109 Å². The summed E-state index contributed by atoms with van der Waals surface area (Å²) in [4.78, 5) is 25.6. The van der Waals surface area contributed by atoms with Crippen LogP contribution in [0.2, 0.25) is 0 Å². The highest BCUT2D eigenvalue weighted by molar-refractivity contribution is 7.45. The first-order valence-corrected chi connectivity index (χ1v) is 34.2. The standard InChI is InChI=1S/C70H125N2O6P/c1-6-8-10-12-14-16-18-20-22-24-26-28-30-31-32-33-34-35-36-37-38-39-40-41-42-44-46-48-50-52-54-56-58-60-62-64-70(74)71-68(67-78-79(75,76)77-66-65-72(3,4)5)69(73)63-61-59-57-55-53-51-49-47-45-43-29-27-25-23-21-19-17-15-13-11-9-7-2/h8,10,14,16,20,22,26,28,31-32,34-35,37-38,40-41,44,46,68-69,73H,6-7,9,11-13,15,17-19,21,23-25,27,29-30,33,36,39,42-43,45,47-67H2,1-5H3,(H-,71,74,75,76)/b10-8-,16-14-,22-20-,28-26-,32-31-,35-34-,38-37-,41-40-,46-44-. The molecule has 456 valence electrons. The lowest BCUT2D eigenvalue weighted by atomic mass is 10.0. The van der Waals surface area contributed by atoms with E-state index >= 15 is 0 Å². The van der Waals surface area contributed by atoms with Crippen molar-refractivity contribution in [1.29, 1.82) is 0 Å². The third kappa shape index (κ3) is 62.6. The number of allylic oxidation sites excluding steroid dienone is 18. The minimum Gasteiger partial charge on any atom is -0.756 e. The number of nitrogens with one attached hydrogen (secondary N) is 1. The Kier molecular flexibility index (Phi) is 57.6. The van der Waals surface area contributed by atoms with Crippen molar-refractivity contribution < 1.29 is 32.9 Å². The molecule has 2 N–H and O–H groups in total. The Labute approximate surface area is 489 Å². The number of phosphoric acid groups is 1. The number of amides is 1. The second kappa shape index (κ2) is 59.8. The van der Waals surface area contributed by atoms with Crippen molar-refractivity contribution in [3.8, 4) is 0 Å². The number of hydrogen-bond donors (Lipinski definition) is 2. The van der Waals surface area contributed by atoms with Crippen molar-refractivity contribution >= 4 is 13.7 Å². The molecule has 0 aliphatic heterocycles. The fraction of sp³-hybridized carbons (Fsp3) is 0.729. The summed E-state index contributed by atoms with van der Waals surface area (Å²) in [6.45, 7) is 4.62. The molecular formula is C70H125N2O6P. The van der Waals surface area contributed by atoms with E-state index in [1.165, 1.54) is 141 Å². The molecule has 0 radical (unpaired) electrons. The topological polar surface area (TPSA) is 108 Å². The van der Waals surface area contributed by atoms with E-state index in [4.69, 9.17) is 9.05 Å². The predicted molar refractivity (Wildman–Crippen MR) is 343 cm³/mol.